The molecule has 0 saturated carbocycles. The van der Waals surface area contributed by atoms with Gasteiger partial charge < -0.3 is 15.8 Å². The third kappa shape index (κ3) is 2.90. The van der Waals surface area contributed by atoms with Crippen molar-refractivity contribution in [2.45, 2.75) is 13.5 Å². The number of hydrogen-bond donors (Lipinski definition) is 2. The first-order valence-electron chi connectivity index (χ1n) is 6.22. The number of nitrogens with one attached hydrogen (secondary N) is 1. The van der Waals surface area contributed by atoms with Crippen molar-refractivity contribution < 1.29 is 9.53 Å². The average Bonchev–Trinajstić information content (AvgIpc) is 2.75. The molecule has 20 heavy (non-hydrogen) atoms. The molecule has 2 rings (SSSR count). The summed E-state index contributed by atoms with van der Waals surface area (Å²) in [5.41, 5.74) is 8.58. The summed E-state index contributed by atoms with van der Waals surface area (Å²) >= 11 is 0. The molecule has 6 heteroatoms. The Morgan fingerprint density at radius 2 is 2.25 bits per heavy atom. The van der Waals surface area contributed by atoms with E-state index in [1.807, 2.05) is 6.07 Å². The molecular weight excluding hydrogens is 256 g/mol. The van der Waals surface area contributed by atoms with E-state index in [1.54, 1.807) is 44.1 Å². The normalized spacial score (nSPS) is 10.3. The van der Waals surface area contributed by atoms with Gasteiger partial charge in [-0.2, -0.15) is 5.10 Å². The van der Waals surface area contributed by atoms with Crippen molar-refractivity contribution >= 4 is 11.6 Å². The van der Waals surface area contributed by atoms with Crippen LogP contribution < -0.4 is 15.8 Å². The highest BCUT2D eigenvalue weighted by molar-refractivity contribution is 5.94. The molecule has 1 aromatic carbocycles. The minimum atomic E-state index is -0.148. The molecule has 0 aliphatic carbocycles. The van der Waals surface area contributed by atoms with Gasteiger partial charge in [-0.1, -0.05) is 6.07 Å². The van der Waals surface area contributed by atoms with Gasteiger partial charge in [-0.05, 0) is 24.6 Å². The molecule has 0 fully saturated rings. The summed E-state index contributed by atoms with van der Waals surface area (Å²) in [5, 5.41) is 6.99. The van der Waals surface area contributed by atoms with Gasteiger partial charge in [0.15, 0.2) is 0 Å². The Morgan fingerprint density at radius 3 is 2.80 bits per heavy atom. The highest BCUT2D eigenvalue weighted by Crippen LogP contribution is 2.21. The fraction of sp³-hybridized carbons (Fsp3) is 0.286. The lowest BCUT2D eigenvalue weighted by atomic mass is 10.1. The summed E-state index contributed by atoms with van der Waals surface area (Å²) < 4.78 is 6.71. The monoisotopic (exact) mass is 274 g/mol. The number of nitrogens with zero attached hydrogens (tertiary/aromatic N) is 2. The Morgan fingerprint density at radius 1 is 1.50 bits per heavy atom. The number of nitrogens with two attached hydrogens (primary N) is 1. The highest BCUT2D eigenvalue weighted by atomic mass is 16.5. The maximum Gasteiger partial charge on any atom is 0.255 e. The van der Waals surface area contributed by atoms with Crippen molar-refractivity contribution in [1.82, 2.24) is 15.1 Å². The van der Waals surface area contributed by atoms with Crippen molar-refractivity contribution in [3.63, 3.8) is 0 Å². The van der Waals surface area contributed by atoms with Gasteiger partial charge in [0, 0.05) is 19.8 Å². The smallest absolute Gasteiger partial charge is 0.255 e. The van der Waals surface area contributed by atoms with Gasteiger partial charge in [0.05, 0.1) is 24.1 Å². The van der Waals surface area contributed by atoms with Crippen molar-refractivity contribution in [2.24, 2.45) is 7.05 Å². The van der Waals surface area contributed by atoms with E-state index in [1.165, 1.54) is 0 Å². The maximum atomic E-state index is 12.0. The molecule has 0 saturated heterocycles. The molecule has 0 spiro atoms. The number of rotatable bonds is 4. The van der Waals surface area contributed by atoms with Crippen molar-refractivity contribution in [2.75, 3.05) is 12.8 Å². The predicted molar refractivity (Wildman–Crippen MR) is 76.5 cm³/mol. The summed E-state index contributed by atoms with van der Waals surface area (Å²) in [6.45, 7) is 2.21. The zero-order chi connectivity index (χ0) is 14.7. The van der Waals surface area contributed by atoms with Gasteiger partial charge in [-0.25, -0.2) is 0 Å². The number of aryl methyl sites for hydroxylation is 2. The Kier molecular flexibility index (Phi) is 3.93. The topological polar surface area (TPSA) is 82.2 Å². The second-order valence-corrected chi connectivity index (χ2v) is 4.56. The average molecular weight is 274 g/mol. The predicted octanol–water partition coefficient (Wildman–Crippen LogP) is 1.25. The van der Waals surface area contributed by atoms with E-state index in [2.05, 4.69) is 10.4 Å². The van der Waals surface area contributed by atoms with Crippen LogP contribution in [-0.4, -0.2) is 22.8 Å². The van der Waals surface area contributed by atoms with Crippen LogP contribution in [0.25, 0.3) is 0 Å². The number of anilines is 1. The fourth-order valence-electron chi connectivity index (χ4n) is 1.99. The minimum absolute atomic E-state index is 0.148. The summed E-state index contributed by atoms with van der Waals surface area (Å²) in [6, 6.07) is 5.44. The van der Waals surface area contributed by atoms with Crippen LogP contribution in [0.5, 0.6) is 5.75 Å². The first-order chi connectivity index (χ1) is 9.51. The lowest BCUT2D eigenvalue weighted by molar-refractivity contribution is 0.0950. The standard InChI is InChI=1S/C14H18N4O2/c1-9-11(8-18(2)17-9)14(19)16-7-10-4-5-13(20-3)12(15)6-10/h4-6,8H,7,15H2,1-3H3,(H,16,19). The van der Waals surface area contributed by atoms with E-state index >= 15 is 0 Å². The van der Waals surface area contributed by atoms with Crippen LogP contribution in [0.3, 0.4) is 0 Å². The number of carbonyl (C=O) groups is 1. The maximum absolute atomic E-state index is 12.0. The number of benzene rings is 1. The van der Waals surface area contributed by atoms with E-state index in [-0.39, 0.29) is 5.91 Å². The first-order valence-corrected chi connectivity index (χ1v) is 6.22. The van der Waals surface area contributed by atoms with Gasteiger partial charge in [-0.15, -0.1) is 0 Å². The van der Waals surface area contributed by atoms with Crippen LogP contribution >= 0.6 is 0 Å². The summed E-state index contributed by atoms with van der Waals surface area (Å²) in [5.74, 6) is 0.480. The second-order valence-electron chi connectivity index (χ2n) is 4.56. The molecule has 1 heterocycles. The van der Waals surface area contributed by atoms with Gasteiger partial charge >= 0.3 is 0 Å². The molecule has 0 radical (unpaired) electrons. The number of ether oxygens (including phenoxy) is 1. The molecule has 0 aliphatic rings. The molecule has 6 nitrogen and oxygen atoms in total. The molecule has 3 N–H and O–H groups in total. The lowest BCUT2D eigenvalue weighted by Gasteiger charge is -2.08. The van der Waals surface area contributed by atoms with Crippen LogP contribution in [0.1, 0.15) is 21.6 Å². The molecule has 1 aromatic heterocycles. The number of methoxy groups -OCH3 is 1. The number of carbonyl (C=O) groups excluding carboxylic acids is 1. The zero-order valence-electron chi connectivity index (χ0n) is 11.8. The van der Waals surface area contributed by atoms with E-state index in [4.69, 9.17) is 10.5 Å². The summed E-state index contributed by atoms with van der Waals surface area (Å²) in [4.78, 5) is 12.0. The number of amides is 1. The SMILES string of the molecule is COc1ccc(CNC(=O)c2cn(C)nc2C)cc1N. The Balaban J connectivity index is 2.03. The van der Waals surface area contributed by atoms with Crippen molar-refractivity contribution in [3.05, 3.63) is 41.2 Å². The van der Waals surface area contributed by atoms with E-state index < -0.39 is 0 Å². The van der Waals surface area contributed by atoms with Crippen LogP contribution in [0.4, 0.5) is 5.69 Å². The number of nitrogen functional groups attached to an aromatic ring is 1. The number of aromatic nitrogens is 2. The quantitative estimate of drug-likeness (QED) is 0.822. The van der Waals surface area contributed by atoms with Crippen LogP contribution in [-0.2, 0) is 13.6 Å². The molecule has 0 atom stereocenters. The molecule has 0 bridgehead atoms. The van der Waals surface area contributed by atoms with Crippen molar-refractivity contribution in [3.8, 4) is 5.75 Å². The lowest BCUT2D eigenvalue weighted by Crippen LogP contribution is -2.23. The van der Waals surface area contributed by atoms with E-state index in [0.29, 0.717) is 29.2 Å². The zero-order valence-corrected chi connectivity index (χ0v) is 11.8. The molecule has 2 aromatic rings. The van der Waals surface area contributed by atoms with Gasteiger partial charge in [-0.3, -0.25) is 9.48 Å². The first kappa shape index (κ1) is 13.9. The van der Waals surface area contributed by atoms with Crippen LogP contribution in [0.15, 0.2) is 24.4 Å². The number of hydrogen-bond acceptors (Lipinski definition) is 4. The fourth-order valence-corrected chi connectivity index (χ4v) is 1.99. The third-order valence-electron chi connectivity index (χ3n) is 3.01. The van der Waals surface area contributed by atoms with Gasteiger partial charge in [0.1, 0.15) is 5.75 Å². The molecule has 106 valence electrons. The second kappa shape index (κ2) is 5.64. The molecule has 0 unspecified atom stereocenters. The van der Waals surface area contributed by atoms with Gasteiger partial charge in [0.25, 0.3) is 5.91 Å². The van der Waals surface area contributed by atoms with Crippen molar-refractivity contribution in [1.29, 1.82) is 0 Å². The molecule has 0 aliphatic heterocycles. The molecular formula is C14H18N4O2. The largest absolute Gasteiger partial charge is 0.495 e. The minimum Gasteiger partial charge on any atom is -0.495 e. The third-order valence-corrected chi connectivity index (χ3v) is 3.01. The summed E-state index contributed by atoms with van der Waals surface area (Å²) in [7, 11) is 3.35. The Bertz CT molecular complexity index is 634. The Hall–Kier alpha value is -2.50. The van der Waals surface area contributed by atoms with E-state index in [9.17, 15) is 4.79 Å². The van der Waals surface area contributed by atoms with Gasteiger partial charge in [0.2, 0.25) is 0 Å². The van der Waals surface area contributed by atoms with Crippen LogP contribution in [0.2, 0.25) is 0 Å². The van der Waals surface area contributed by atoms with E-state index in [0.717, 1.165) is 5.56 Å². The van der Waals surface area contributed by atoms with Crippen LogP contribution in [0, 0.1) is 6.92 Å². The molecule has 1 amide bonds. The highest BCUT2D eigenvalue weighted by Gasteiger charge is 2.12. The summed E-state index contributed by atoms with van der Waals surface area (Å²) in [6.07, 6.45) is 1.70. The Labute approximate surface area is 117 Å².